The van der Waals surface area contributed by atoms with Crippen molar-refractivity contribution in [2.24, 2.45) is 0 Å². The summed E-state index contributed by atoms with van der Waals surface area (Å²) in [6, 6.07) is 5.63. The highest BCUT2D eigenvalue weighted by atomic mass is 32.1. The van der Waals surface area contributed by atoms with Gasteiger partial charge in [0.05, 0.1) is 0 Å². The van der Waals surface area contributed by atoms with E-state index in [1.54, 1.807) is 11.3 Å². The first-order chi connectivity index (χ1) is 9.29. The van der Waals surface area contributed by atoms with E-state index in [9.17, 15) is 0 Å². The molecule has 0 amide bonds. The molecule has 3 rings (SSSR count). The monoisotopic (exact) mass is 275 g/mol. The van der Waals surface area contributed by atoms with Crippen LogP contribution >= 0.6 is 11.3 Å². The summed E-state index contributed by atoms with van der Waals surface area (Å²) in [4.78, 5) is 7.00. The molecule has 0 atom stereocenters. The van der Waals surface area contributed by atoms with Gasteiger partial charge in [-0.3, -0.25) is 0 Å². The second-order valence-electron chi connectivity index (χ2n) is 5.37. The second-order valence-corrected chi connectivity index (χ2v) is 6.32. The molecule has 3 nitrogen and oxygen atoms in total. The van der Waals surface area contributed by atoms with Crippen LogP contribution in [0, 0.1) is 0 Å². The van der Waals surface area contributed by atoms with Crippen LogP contribution in [0.4, 0.5) is 5.82 Å². The van der Waals surface area contributed by atoms with Crippen LogP contribution in [0.2, 0.25) is 0 Å². The van der Waals surface area contributed by atoms with Crippen molar-refractivity contribution in [1.82, 2.24) is 10.3 Å². The van der Waals surface area contributed by atoms with Crippen LogP contribution < -0.4 is 10.2 Å². The van der Waals surface area contributed by atoms with Crippen LogP contribution in [0.1, 0.15) is 25.7 Å². The molecule has 4 heteroatoms. The van der Waals surface area contributed by atoms with Crippen LogP contribution in [0.3, 0.4) is 0 Å². The predicted molar refractivity (Wildman–Crippen MR) is 83.1 cm³/mol. The molecule has 1 N–H and O–H groups in total. The Morgan fingerprint density at radius 2 is 2.05 bits per heavy atom. The summed E-state index contributed by atoms with van der Waals surface area (Å²) in [5.41, 5.74) is 0. The molecular weight excluding hydrogens is 254 g/mol. The lowest BCUT2D eigenvalue weighted by atomic mass is 9.90. The smallest absolute Gasteiger partial charge is 0.137 e. The van der Waals surface area contributed by atoms with Gasteiger partial charge in [-0.2, -0.15) is 0 Å². The van der Waals surface area contributed by atoms with Gasteiger partial charge in [-0.25, -0.2) is 4.98 Å². The molecule has 0 saturated heterocycles. The number of fused-ring (bicyclic) bond motifs is 1. The van der Waals surface area contributed by atoms with E-state index in [-0.39, 0.29) is 0 Å². The third-order valence-electron chi connectivity index (χ3n) is 4.35. The number of hydrogen-bond donors (Lipinski definition) is 1. The minimum atomic E-state index is 0.627. The maximum atomic E-state index is 4.61. The lowest BCUT2D eigenvalue weighted by Gasteiger charge is -2.35. The average molecular weight is 275 g/mol. The number of thiophene rings is 1. The van der Waals surface area contributed by atoms with Gasteiger partial charge in [0.25, 0.3) is 0 Å². The minimum absolute atomic E-state index is 0.627. The summed E-state index contributed by atoms with van der Waals surface area (Å²) in [7, 11) is 4.27. The first-order valence-electron chi connectivity index (χ1n) is 7.02. The largest absolute Gasteiger partial charge is 0.356 e. The molecule has 102 valence electrons. The minimum Gasteiger partial charge on any atom is -0.356 e. The molecule has 1 aliphatic rings. The molecule has 2 aromatic heterocycles. The third kappa shape index (κ3) is 2.47. The molecule has 0 unspecified atom stereocenters. The fourth-order valence-electron chi connectivity index (χ4n) is 3.09. The molecular formula is C15H21N3S. The summed E-state index contributed by atoms with van der Waals surface area (Å²) >= 11 is 1.79. The second kappa shape index (κ2) is 5.47. The van der Waals surface area contributed by atoms with Crippen molar-refractivity contribution in [3.05, 3.63) is 23.7 Å². The van der Waals surface area contributed by atoms with Gasteiger partial charge >= 0.3 is 0 Å². The number of hydrogen-bond acceptors (Lipinski definition) is 4. The zero-order valence-electron chi connectivity index (χ0n) is 11.6. The Kier molecular flexibility index (Phi) is 3.71. The molecule has 2 aromatic rings. The molecule has 1 fully saturated rings. The van der Waals surface area contributed by atoms with E-state index in [2.05, 4.69) is 46.8 Å². The molecule has 1 aliphatic carbocycles. The summed E-state index contributed by atoms with van der Waals surface area (Å²) < 4.78 is 1.33. The molecule has 19 heavy (non-hydrogen) atoms. The van der Waals surface area contributed by atoms with Crippen molar-refractivity contribution < 1.29 is 0 Å². The molecule has 0 radical (unpaired) electrons. The Balaban J connectivity index is 1.80. The predicted octanol–water partition coefficient (Wildman–Crippen LogP) is 3.26. The molecule has 0 aromatic carbocycles. The van der Waals surface area contributed by atoms with Crippen LogP contribution in [-0.4, -0.2) is 31.2 Å². The van der Waals surface area contributed by atoms with Gasteiger partial charge in [0.2, 0.25) is 0 Å². The summed E-state index contributed by atoms with van der Waals surface area (Å²) in [5, 5.41) is 6.85. The Morgan fingerprint density at radius 3 is 2.79 bits per heavy atom. The van der Waals surface area contributed by atoms with E-state index in [0.29, 0.717) is 12.1 Å². The Labute approximate surface area is 118 Å². The molecule has 2 heterocycles. The van der Waals surface area contributed by atoms with Gasteiger partial charge in [-0.1, -0.05) is 0 Å². The van der Waals surface area contributed by atoms with Crippen molar-refractivity contribution >= 4 is 27.2 Å². The Bertz CT molecular complexity index is 543. The molecule has 0 aliphatic heterocycles. The number of nitrogens with one attached hydrogen (secondary N) is 1. The SMILES string of the molecule is CNC1CCC(N(C)c2nccc3sccc23)CC1. The zero-order chi connectivity index (χ0) is 13.2. The van der Waals surface area contributed by atoms with Gasteiger partial charge in [0.1, 0.15) is 5.82 Å². The van der Waals surface area contributed by atoms with Crippen molar-refractivity contribution in [2.45, 2.75) is 37.8 Å². The number of aromatic nitrogens is 1. The van der Waals surface area contributed by atoms with Crippen LogP contribution in [0.15, 0.2) is 23.7 Å². The zero-order valence-corrected chi connectivity index (χ0v) is 12.4. The van der Waals surface area contributed by atoms with E-state index >= 15 is 0 Å². The molecule has 0 spiro atoms. The fourth-order valence-corrected chi connectivity index (χ4v) is 3.86. The average Bonchev–Trinajstić information content (AvgIpc) is 2.95. The standard InChI is InChI=1S/C15H21N3S/c1-16-11-3-5-12(6-4-11)18(2)15-13-8-10-19-14(13)7-9-17-15/h7-12,16H,3-6H2,1-2H3. The quantitative estimate of drug-likeness (QED) is 0.932. The first-order valence-corrected chi connectivity index (χ1v) is 7.90. The van der Waals surface area contributed by atoms with Crippen LogP contribution in [0.25, 0.3) is 10.1 Å². The normalized spacial score (nSPS) is 23.7. The molecule has 0 bridgehead atoms. The van der Waals surface area contributed by atoms with Gasteiger partial charge in [0.15, 0.2) is 0 Å². The van der Waals surface area contributed by atoms with Crippen LogP contribution in [0.5, 0.6) is 0 Å². The van der Waals surface area contributed by atoms with E-state index in [0.717, 1.165) is 5.82 Å². The third-order valence-corrected chi connectivity index (χ3v) is 5.23. The topological polar surface area (TPSA) is 28.2 Å². The summed E-state index contributed by atoms with van der Waals surface area (Å²) in [6.45, 7) is 0. The Hall–Kier alpha value is -1.13. The Morgan fingerprint density at radius 1 is 1.26 bits per heavy atom. The van der Waals surface area contributed by atoms with Gasteiger partial charge in [0, 0.05) is 35.4 Å². The van der Waals surface area contributed by atoms with Gasteiger partial charge in [-0.05, 0) is 50.2 Å². The number of pyridine rings is 1. The number of anilines is 1. The van der Waals surface area contributed by atoms with Gasteiger partial charge in [-0.15, -0.1) is 11.3 Å². The summed E-state index contributed by atoms with van der Waals surface area (Å²) in [5.74, 6) is 1.15. The lowest BCUT2D eigenvalue weighted by molar-refractivity contribution is 0.351. The highest BCUT2D eigenvalue weighted by Gasteiger charge is 2.24. The number of rotatable bonds is 3. The van der Waals surface area contributed by atoms with Crippen molar-refractivity contribution in [1.29, 1.82) is 0 Å². The van der Waals surface area contributed by atoms with Gasteiger partial charge < -0.3 is 10.2 Å². The highest BCUT2D eigenvalue weighted by Crippen LogP contribution is 2.31. The van der Waals surface area contributed by atoms with Crippen molar-refractivity contribution in [3.63, 3.8) is 0 Å². The molecule has 1 saturated carbocycles. The number of nitrogens with zero attached hydrogens (tertiary/aromatic N) is 2. The van der Waals surface area contributed by atoms with Crippen molar-refractivity contribution in [2.75, 3.05) is 19.0 Å². The van der Waals surface area contributed by atoms with Crippen molar-refractivity contribution in [3.8, 4) is 0 Å². The maximum absolute atomic E-state index is 4.61. The lowest BCUT2D eigenvalue weighted by Crippen LogP contribution is -2.40. The summed E-state index contributed by atoms with van der Waals surface area (Å²) in [6.07, 6.45) is 6.98. The van der Waals surface area contributed by atoms with E-state index < -0.39 is 0 Å². The fraction of sp³-hybridized carbons (Fsp3) is 0.533. The first kappa shape index (κ1) is 12.9. The van der Waals surface area contributed by atoms with E-state index in [4.69, 9.17) is 0 Å². The highest BCUT2D eigenvalue weighted by molar-refractivity contribution is 7.17. The van der Waals surface area contributed by atoms with E-state index in [1.807, 2.05) is 6.20 Å². The van der Waals surface area contributed by atoms with Crippen LogP contribution in [-0.2, 0) is 0 Å². The maximum Gasteiger partial charge on any atom is 0.137 e. The van der Waals surface area contributed by atoms with E-state index in [1.165, 1.54) is 35.8 Å².